The second-order valence-corrected chi connectivity index (χ2v) is 10.4. The monoisotopic (exact) mass is 638 g/mol. The lowest BCUT2D eigenvalue weighted by atomic mass is 9.95. The fourth-order valence-electron chi connectivity index (χ4n) is 5.19. The Morgan fingerprint density at radius 3 is 2.44 bits per heavy atom. The number of fused-ring (bicyclic) bond motifs is 1. The Bertz CT molecular complexity index is 1120. The first-order chi connectivity index (χ1) is 21.3. The van der Waals surface area contributed by atoms with Gasteiger partial charge in [-0.15, -0.1) is 5.10 Å². The molecule has 1 atom stereocenters. The first-order valence-electron chi connectivity index (χ1n) is 16.3. The average Bonchev–Trinajstić information content (AvgIpc) is 3.72. The van der Waals surface area contributed by atoms with E-state index in [1.807, 2.05) is 43.1 Å². The number of thiol groups is 1. The summed E-state index contributed by atoms with van der Waals surface area (Å²) in [5.74, 6) is 0.585. The number of halogens is 1. The van der Waals surface area contributed by atoms with Gasteiger partial charge in [-0.05, 0) is 82.4 Å². The molecule has 2 fully saturated rings. The van der Waals surface area contributed by atoms with Crippen molar-refractivity contribution in [2.24, 2.45) is 0 Å². The van der Waals surface area contributed by atoms with Crippen LogP contribution in [0.5, 0.6) is 0 Å². The molecule has 3 aromatic heterocycles. The first kappa shape index (κ1) is 37.2. The molecule has 0 radical (unpaired) electrons. The molecule has 3 N–H and O–H groups in total. The minimum Gasteiger partial charge on any atom is -0.362 e. The van der Waals surface area contributed by atoms with Gasteiger partial charge in [0, 0.05) is 19.2 Å². The molecule has 1 aliphatic heterocycles. The minimum atomic E-state index is -0.0647. The predicted molar refractivity (Wildman–Crippen MR) is 181 cm³/mol. The maximum Gasteiger partial charge on any atom is 0.226 e. The van der Waals surface area contributed by atoms with Crippen molar-refractivity contribution >= 4 is 41.2 Å². The highest BCUT2D eigenvalue weighted by Crippen LogP contribution is 2.28. The zero-order valence-electron chi connectivity index (χ0n) is 27.0. The number of hydrogen-bond donors (Lipinski definition) is 4. The number of rotatable bonds is 13. The van der Waals surface area contributed by atoms with Crippen LogP contribution < -0.4 is 16.0 Å². The third-order valence-electron chi connectivity index (χ3n) is 7.19. The minimum absolute atomic E-state index is 0.0647. The van der Waals surface area contributed by atoms with E-state index >= 15 is 0 Å². The Morgan fingerprint density at radius 2 is 1.70 bits per heavy atom. The Hall–Kier alpha value is -1.99. The van der Waals surface area contributed by atoms with Crippen molar-refractivity contribution in [1.29, 1.82) is 0 Å². The number of aryl methyl sites for hydroxylation is 1. The molecule has 0 spiro atoms. The molecule has 11 nitrogen and oxygen atoms in total. The molecule has 2 aliphatic rings. The van der Waals surface area contributed by atoms with Crippen molar-refractivity contribution in [3.8, 4) is 0 Å². The molecule has 0 amide bonds. The number of nitrogens with zero attached hydrogens (tertiary/aromatic N) is 7. The van der Waals surface area contributed by atoms with Crippen molar-refractivity contribution in [2.45, 2.75) is 117 Å². The number of ether oxygens (including phenoxy) is 1. The Morgan fingerprint density at radius 1 is 0.953 bits per heavy atom. The van der Waals surface area contributed by atoms with Crippen LogP contribution in [-0.2, 0) is 17.8 Å². The fraction of sp³-hybridized carbons (Fsp3) is 0.767. The molecular weight excluding hydrogens is 584 g/mol. The van der Waals surface area contributed by atoms with E-state index in [1.165, 1.54) is 38.5 Å². The van der Waals surface area contributed by atoms with Gasteiger partial charge in [0.1, 0.15) is 11.9 Å². The van der Waals surface area contributed by atoms with Crippen LogP contribution in [0.1, 0.15) is 104 Å². The summed E-state index contributed by atoms with van der Waals surface area (Å²) < 4.78 is 9.74. The second kappa shape index (κ2) is 22.5. The van der Waals surface area contributed by atoms with Gasteiger partial charge < -0.3 is 20.7 Å². The van der Waals surface area contributed by atoms with E-state index in [1.54, 1.807) is 12.6 Å². The van der Waals surface area contributed by atoms with Crippen LogP contribution >= 0.6 is 24.2 Å². The molecule has 43 heavy (non-hydrogen) atoms. The van der Waals surface area contributed by atoms with Crippen LogP contribution in [0.25, 0.3) is 11.2 Å². The van der Waals surface area contributed by atoms with Gasteiger partial charge in [-0.1, -0.05) is 52.2 Å². The van der Waals surface area contributed by atoms with Gasteiger partial charge in [0.25, 0.3) is 0 Å². The van der Waals surface area contributed by atoms with Crippen LogP contribution in [0.15, 0.2) is 12.5 Å². The van der Waals surface area contributed by atoms with Crippen LogP contribution in [0.2, 0.25) is 5.28 Å². The summed E-state index contributed by atoms with van der Waals surface area (Å²) in [4.78, 5) is 13.3. The topological polar surface area (TPSA) is 120 Å². The molecule has 3 aromatic rings. The highest BCUT2D eigenvalue weighted by atomic mass is 35.5. The fourth-order valence-corrected chi connectivity index (χ4v) is 5.35. The smallest absolute Gasteiger partial charge is 0.226 e. The van der Waals surface area contributed by atoms with Crippen LogP contribution in [0.3, 0.4) is 0 Å². The lowest BCUT2D eigenvalue weighted by molar-refractivity contribution is -0.0298. The Labute approximate surface area is 269 Å². The molecular formula is C30H55ClN10OS. The number of aromatic nitrogens is 7. The Kier molecular flexibility index (Phi) is 19.5. The third-order valence-corrected chi connectivity index (χ3v) is 7.36. The van der Waals surface area contributed by atoms with Gasteiger partial charge in [-0.3, -0.25) is 9.25 Å². The number of imidazole rings is 1. The van der Waals surface area contributed by atoms with Crippen molar-refractivity contribution in [1.82, 2.24) is 45.1 Å². The van der Waals surface area contributed by atoms with E-state index in [0.717, 1.165) is 70.2 Å². The van der Waals surface area contributed by atoms with E-state index < -0.39 is 0 Å². The molecule has 4 heterocycles. The van der Waals surface area contributed by atoms with Gasteiger partial charge in [0.2, 0.25) is 5.28 Å². The van der Waals surface area contributed by atoms with E-state index in [4.69, 9.17) is 16.3 Å². The quantitative estimate of drug-likeness (QED) is 0.0975. The van der Waals surface area contributed by atoms with Gasteiger partial charge in [-0.25, -0.2) is 4.98 Å². The van der Waals surface area contributed by atoms with E-state index in [0.29, 0.717) is 23.5 Å². The summed E-state index contributed by atoms with van der Waals surface area (Å²) >= 11 is 9.77. The van der Waals surface area contributed by atoms with Crippen molar-refractivity contribution in [3.05, 3.63) is 23.5 Å². The van der Waals surface area contributed by atoms with Crippen molar-refractivity contribution in [2.75, 3.05) is 37.8 Å². The Balaban J connectivity index is 0.00000101. The van der Waals surface area contributed by atoms with Crippen LogP contribution in [-0.4, -0.2) is 73.1 Å². The molecule has 0 bridgehead atoms. The zero-order chi connectivity index (χ0) is 31.3. The molecule has 1 aliphatic carbocycles. The standard InChI is InChI=1S/C25H39ClN10O.2C2H6.CH4S/c26-25-31-23(22-24(32-25)36(18-30-22)21-10-4-5-15-37-21)29-16-20-17-35(34-33-20)14-7-12-27-11-6-13-28-19-8-2-1-3-9-19;3*1-2/h17-19,21,27-28H,1-16H2,(H,29,31,32);2*1-2H3;2H,1H3. The van der Waals surface area contributed by atoms with Gasteiger partial charge in [0.05, 0.1) is 19.1 Å². The molecule has 5 rings (SSSR count). The molecule has 13 heteroatoms. The SMILES string of the molecule is CC.CC.CS.Clc1nc(NCc2cn(CCCNCCCNC3CCCCC3)nn2)c2ncn(C3CCCCO3)c2n1. The molecule has 1 saturated carbocycles. The van der Waals surface area contributed by atoms with Crippen LogP contribution in [0, 0.1) is 0 Å². The van der Waals surface area contributed by atoms with Crippen molar-refractivity contribution in [3.63, 3.8) is 0 Å². The highest BCUT2D eigenvalue weighted by molar-refractivity contribution is 7.79. The van der Waals surface area contributed by atoms with Gasteiger partial charge >= 0.3 is 0 Å². The first-order valence-corrected chi connectivity index (χ1v) is 17.6. The maximum absolute atomic E-state index is 6.24. The number of nitrogens with one attached hydrogen (secondary N) is 3. The summed E-state index contributed by atoms with van der Waals surface area (Å²) in [5.41, 5.74) is 2.18. The molecule has 0 aromatic carbocycles. The second-order valence-electron chi connectivity index (χ2n) is 10.1. The maximum atomic E-state index is 6.24. The zero-order valence-corrected chi connectivity index (χ0v) is 28.6. The lowest BCUT2D eigenvalue weighted by Crippen LogP contribution is -2.33. The summed E-state index contributed by atoms with van der Waals surface area (Å²) in [6.45, 7) is 13.2. The summed E-state index contributed by atoms with van der Waals surface area (Å²) in [6.07, 6.45) is 17.6. The average molecular weight is 639 g/mol. The molecule has 1 unspecified atom stereocenters. The van der Waals surface area contributed by atoms with Crippen molar-refractivity contribution < 1.29 is 4.74 Å². The number of hydrogen-bond acceptors (Lipinski definition) is 10. The predicted octanol–water partition coefficient (Wildman–Crippen LogP) is 6.27. The summed E-state index contributed by atoms with van der Waals surface area (Å²) in [7, 11) is 0. The molecule has 244 valence electrons. The normalized spacial score (nSPS) is 16.8. The van der Waals surface area contributed by atoms with Gasteiger partial charge in [0.15, 0.2) is 17.0 Å². The van der Waals surface area contributed by atoms with Gasteiger partial charge in [-0.2, -0.15) is 22.6 Å². The van der Waals surface area contributed by atoms with E-state index in [9.17, 15) is 0 Å². The van der Waals surface area contributed by atoms with Crippen LogP contribution in [0.4, 0.5) is 5.82 Å². The molecule has 1 saturated heterocycles. The van der Waals surface area contributed by atoms with E-state index in [-0.39, 0.29) is 11.5 Å². The lowest BCUT2D eigenvalue weighted by Gasteiger charge is -2.23. The number of anilines is 1. The summed E-state index contributed by atoms with van der Waals surface area (Å²) in [5, 5.41) is 19.3. The largest absolute Gasteiger partial charge is 0.362 e. The summed E-state index contributed by atoms with van der Waals surface area (Å²) in [6, 6.07) is 0.746. The third kappa shape index (κ3) is 12.5. The van der Waals surface area contributed by atoms with E-state index in [2.05, 4.69) is 53.8 Å². The highest BCUT2D eigenvalue weighted by Gasteiger charge is 2.21.